The number of amides is 1. The lowest BCUT2D eigenvalue weighted by molar-refractivity contribution is -0.140. The standard InChI is InChI=1S/C19H34N4O2/c1-2-20-19(21-9-3-4-16-5-6-16)23-10-7-17(8-11-23)18(24)22-12-14-25-15-13-22/h16-17H,2-15H2,1H3,(H,20,21). The summed E-state index contributed by atoms with van der Waals surface area (Å²) in [4.78, 5) is 21.8. The first-order chi connectivity index (χ1) is 12.3. The van der Waals surface area contributed by atoms with Crippen molar-refractivity contribution in [2.45, 2.75) is 45.4 Å². The van der Waals surface area contributed by atoms with Crippen LogP contribution in [0.4, 0.5) is 0 Å². The number of aliphatic imine (C=N–C) groups is 1. The van der Waals surface area contributed by atoms with Gasteiger partial charge in [0.05, 0.1) is 13.2 Å². The van der Waals surface area contributed by atoms with E-state index in [0.717, 1.165) is 64.0 Å². The molecule has 2 aliphatic heterocycles. The molecule has 142 valence electrons. The van der Waals surface area contributed by atoms with Gasteiger partial charge in [0, 0.05) is 45.2 Å². The summed E-state index contributed by atoms with van der Waals surface area (Å²) in [5, 5.41) is 3.43. The normalized spacial score (nSPS) is 23.0. The molecule has 0 aromatic carbocycles. The van der Waals surface area contributed by atoms with Crippen molar-refractivity contribution in [3.05, 3.63) is 0 Å². The van der Waals surface area contributed by atoms with Crippen LogP contribution in [-0.4, -0.2) is 74.1 Å². The summed E-state index contributed by atoms with van der Waals surface area (Å²) in [6, 6.07) is 0. The Kier molecular flexibility index (Phi) is 6.96. The van der Waals surface area contributed by atoms with Crippen LogP contribution in [0.5, 0.6) is 0 Å². The van der Waals surface area contributed by atoms with Crippen LogP contribution >= 0.6 is 0 Å². The van der Waals surface area contributed by atoms with Crippen LogP contribution in [0.1, 0.15) is 45.4 Å². The summed E-state index contributed by atoms with van der Waals surface area (Å²) in [7, 11) is 0. The molecule has 3 rings (SSSR count). The Morgan fingerprint density at radius 1 is 1.08 bits per heavy atom. The summed E-state index contributed by atoms with van der Waals surface area (Å²) >= 11 is 0. The Bertz CT molecular complexity index is 450. The zero-order chi connectivity index (χ0) is 17.5. The number of nitrogens with one attached hydrogen (secondary N) is 1. The number of nitrogens with zero attached hydrogens (tertiary/aromatic N) is 3. The highest BCUT2D eigenvalue weighted by Crippen LogP contribution is 2.33. The van der Waals surface area contributed by atoms with Crippen molar-refractivity contribution < 1.29 is 9.53 Å². The summed E-state index contributed by atoms with van der Waals surface area (Å²) in [5.41, 5.74) is 0. The molecule has 0 aromatic heterocycles. The number of rotatable bonds is 6. The van der Waals surface area contributed by atoms with Gasteiger partial charge in [-0.25, -0.2) is 0 Å². The summed E-state index contributed by atoms with van der Waals surface area (Å²) in [6.07, 6.45) is 7.25. The van der Waals surface area contributed by atoms with E-state index in [1.807, 2.05) is 4.90 Å². The fourth-order valence-electron chi connectivity index (χ4n) is 3.78. The number of hydrogen-bond donors (Lipinski definition) is 1. The van der Waals surface area contributed by atoms with E-state index in [9.17, 15) is 4.79 Å². The molecule has 0 unspecified atom stereocenters. The van der Waals surface area contributed by atoms with Crippen molar-refractivity contribution in [1.82, 2.24) is 15.1 Å². The minimum Gasteiger partial charge on any atom is -0.378 e. The van der Waals surface area contributed by atoms with Crippen LogP contribution in [0, 0.1) is 11.8 Å². The number of piperidine rings is 1. The van der Waals surface area contributed by atoms with Crippen molar-refractivity contribution in [3.8, 4) is 0 Å². The molecule has 0 aromatic rings. The second-order valence-electron chi connectivity index (χ2n) is 7.52. The number of carbonyl (C=O) groups is 1. The number of likely N-dealkylation sites (tertiary alicyclic amines) is 1. The van der Waals surface area contributed by atoms with E-state index in [4.69, 9.17) is 9.73 Å². The molecule has 25 heavy (non-hydrogen) atoms. The highest BCUT2D eigenvalue weighted by Gasteiger charge is 2.30. The maximum Gasteiger partial charge on any atom is 0.225 e. The lowest BCUT2D eigenvalue weighted by atomic mass is 9.95. The molecule has 6 heteroatoms. The zero-order valence-corrected chi connectivity index (χ0v) is 15.7. The van der Waals surface area contributed by atoms with Crippen LogP contribution in [0.25, 0.3) is 0 Å². The van der Waals surface area contributed by atoms with Gasteiger partial charge in [0.15, 0.2) is 5.96 Å². The molecule has 0 bridgehead atoms. The zero-order valence-electron chi connectivity index (χ0n) is 15.7. The van der Waals surface area contributed by atoms with E-state index in [-0.39, 0.29) is 5.92 Å². The predicted octanol–water partition coefficient (Wildman–Crippen LogP) is 1.71. The van der Waals surface area contributed by atoms with Gasteiger partial charge in [-0.1, -0.05) is 12.8 Å². The van der Waals surface area contributed by atoms with Gasteiger partial charge in [0.1, 0.15) is 0 Å². The van der Waals surface area contributed by atoms with Gasteiger partial charge in [-0.3, -0.25) is 9.79 Å². The maximum atomic E-state index is 12.6. The second-order valence-corrected chi connectivity index (χ2v) is 7.52. The Morgan fingerprint density at radius 2 is 1.80 bits per heavy atom. The second kappa shape index (κ2) is 9.41. The first kappa shape index (κ1) is 18.5. The average Bonchev–Trinajstić information content (AvgIpc) is 3.49. The predicted molar refractivity (Wildman–Crippen MR) is 99.6 cm³/mol. The summed E-state index contributed by atoms with van der Waals surface area (Å²) < 4.78 is 5.35. The van der Waals surface area contributed by atoms with E-state index in [1.54, 1.807) is 0 Å². The third kappa shape index (κ3) is 5.59. The summed E-state index contributed by atoms with van der Waals surface area (Å²) in [5.74, 6) is 2.52. The van der Waals surface area contributed by atoms with Crippen molar-refractivity contribution in [2.24, 2.45) is 16.8 Å². The first-order valence-electron chi connectivity index (χ1n) is 10.2. The van der Waals surface area contributed by atoms with E-state index in [1.165, 1.54) is 25.7 Å². The number of carbonyl (C=O) groups excluding carboxylic acids is 1. The highest BCUT2D eigenvalue weighted by molar-refractivity contribution is 5.81. The van der Waals surface area contributed by atoms with Gasteiger partial charge >= 0.3 is 0 Å². The van der Waals surface area contributed by atoms with Crippen LogP contribution in [0.15, 0.2) is 4.99 Å². The topological polar surface area (TPSA) is 57.2 Å². The lowest BCUT2D eigenvalue weighted by Crippen LogP contribution is -2.50. The molecule has 0 atom stereocenters. The Balaban J connectivity index is 1.44. The molecule has 1 amide bonds. The van der Waals surface area contributed by atoms with Crippen LogP contribution in [0.3, 0.4) is 0 Å². The smallest absolute Gasteiger partial charge is 0.225 e. The van der Waals surface area contributed by atoms with Gasteiger partial charge < -0.3 is 19.9 Å². The molecule has 1 N–H and O–H groups in total. The number of hydrogen-bond acceptors (Lipinski definition) is 3. The molecule has 2 saturated heterocycles. The molecule has 1 aliphatic carbocycles. The van der Waals surface area contributed by atoms with Gasteiger partial charge in [0.2, 0.25) is 5.91 Å². The molecule has 1 saturated carbocycles. The fraction of sp³-hybridized carbons (Fsp3) is 0.895. The first-order valence-corrected chi connectivity index (χ1v) is 10.2. The Hall–Kier alpha value is -1.30. The van der Waals surface area contributed by atoms with E-state index in [0.29, 0.717) is 19.1 Å². The average molecular weight is 351 g/mol. The third-order valence-corrected chi connectivity index (χ3v) is 5.53. The molecular formula is C19H34N4O2. The largest absolute Gasteiger partial charge is 0.378 e. The monoisotopic (exact) mass is 350 g/mol. The number of morpholine rings is 1. The van der Waals surface area contributed by atoms with Crippen molar-refractivity contribution in [1.29, 1.82) is 0 Å². The molecule has 0 spiro atoms. The number of guanidine groups is 1. The van der Waals surface area contributed by atoms with Gasteiger partial charge in [-0.15, -0.1) is 0 Å². The van der Waals surface area contributed by atoms with Crippen molar-refractivity contribution in [2.75, 3.05) is 52.5 Å². The number of ether oxygens (including phenoxy) is 1. The van der Waals surface area contributed by atoms with Crippen LogP contribution < -0.4 is 5.32 Å². The molecule has 2 heterocycles. The van der Waals surface area contributed by atoms with Crippen LogP contribution in [0.2, 0.25) is 0 Å². The lowest BCUT2D eigenvalue weighted by Gasteiger charge is -2.36. The summed E-state index contributed by atoms with van der Waals surface area (Å²) in [6.45, 7) is 8.66. The van der Waals surface area contributed by atoms with E-state index >= 15 is 0 Å². The minimum atomic E-state index is 0.173. The van der Waals surface area contributed by atoms with Gasteiger partial charge in [0.25, 0.3) is 0 Å². The maximum absolute atomic E-state index is 12.6. The molecule has 6 nitrogen and oxygen atoms in total. The third-order valence-electron chi connectivity index (χ3n) is 5.53. The molecule has 0 radical (unpaired) electrons. The molecular weight excluding hydrogens is 316 g/mol. The highest BCUT2D eigenvalue weighted by atomic mass is 16.5. The van der Waals surface area contributed by atoms with Crippen molar-refractivity contribution >= 4 is 11.9 Å². The van der Waals surface area contributed by atoms with E-state index < -0.39 is 0 Å². The minimum absolute atomic E-state index is 0.173. The molecule has 3 aliphatic rings. The Morgan fingerprint density at radius 3 is 2.44 bits per heavy atom. The van der Waals surface area contributed by atoms with Crippen molar-refractivity contribution in [3.63, 3.8) is 0 Å². The van der Waals surface area contributed by atoms with Gasteiger partial charge in [-0.05, 0) is 38.5 Å². The van der Waals surface area contributed by atoms with Crippen LogP contribution in [-0.2, 0) is 9.53 Å². The molecule has 3 fully saturated rings. The SMILES string of the molecule is CCNC(=NCCCC1CC1)N1CCC(C(=O)N2CCOCC2)CC1. The fourth-order valence-corrected chi connectivity index (χ4v) is 3.78. The quantitative estimate of drug-likeness (QED) is 0.450. The van der Waals surface area contributed by atoms with Gasteiger partial charge in [-0.2, -0.15) is 0 Å². The van der Waals surface area contributed by atoms with E-state index in [2.05, 4.69) is 17.1 Å². The Labute approximate surface area is 152 Å².